The molecule has 1 aliphatic heterocycles. The smallest absolute Gasteiger partial charge is 0.257 e. The summed E-state index contributed by atoms with van der Waals surface area (Å²) in [6, 6.07) is 19.0. The van der Waals surface area contributed by atoms with Gasteiger partial charge < -0.3 is 15.0 Å². The van der Waals surface area contributed by atoms with Crippen LogP contribution in [0.2, 0.25) is 0 Å². The van der Waals surface area contributed by atoms with Gasteiger partial charge in [0.25, 0.3) is 11.8 Å². The van der Waals surface area contributed by atoms with E-state index in [1.54, 1.807) is 17.0 Å². The molecule has 29 heavy (non-hydrogen) atoms. The minimum absolute atomic E-state index is 0.0624. The Morgan fingerprint density at radius 2 is 1.59 bits per heavy atom. The molecule has 0 bridgehead atoms. The van der Waals surface area contributed by atoms with E-state index in [0.717, 1.165) is 16.0 Å². The maximum atomic E-state index is 13.3. The molecule has 1 saturated heterocycles. The van der Waals surface area contributed by atoms with Crippen LogP contribution in [0.15, 0.2) is 60.7 Å². The molecule has 1 fully saturated rings. The Labute approximate surface area is 173 Å². The minimum Gasteiger partial charge on any atom is -0.378 e. The van der Waals surface area contributed by atoms with Crippen LogP contribution < -0.4 is 5.32 Å². The largest absolute Gasteiger partial charge is 0.378 e. The number of hydrogen-bond donors (Lipinski definition) is 1. The second-order valence-corrected chi connectivity index (χ2v) is 7.87. The monoisotopic (exact) mass is 406 g/mol. The lowest BCUT2D eigenvalue weighted by Gasteiger charge is -2.27. The van der Waals surface area contributed by atoms with Crippen LogP contribution in [-0.4, -0.2) is 43.0 Å². The Morgan fingerprint density at radius 1 is 0.966 bits per heavy atom. The van der Waals surface area contributed by atoms with Gasteiger partial charge in [-0.1, -0.05) is 48.5 Å². The fourth-order valence-corrected chi connectivity index (χ4v) is 4.61. The van der Waals surface area contributed by atoms with Crippen LogP contribution in [0.25, 0.3) is 10.4 Å². The molecule has 148 valence electrons. The molecule has 0 unspecified atom stereocenters. The first-order valence-electron chi connectivity index (χ1n) is 9.57. The number of carbonyl (C=O) groups excluding carboxylic acids is 2. The van der Waals surface area contributed by atoms with E-state index in [2.05, 4.69) is 5.32 Å². The van der Waals surface area contributed by atoms with Crippen molar-refractivity contribution in [3.8, 4) is 10.4 Å². The van der Waals surface area contributed by atoms with Gasteiger partial charge in [0.2, 0.25) is 0 Å². The number of morpholine rings is 1. The number of benzene rings is 2. The van der Waals surface area contributed by atoms with Crippen molar-refractivity contribution < 1.29 is 14.3 Å². The van der Waals surface area contributed by atoms with Crippen molar-refractivity contribution in [2.75, 3.05) is 31.6 Å². The number of amides is 2. The van der Waals surface area contributed by atoms with Crippen LogP contribution in [-0.2, 0) is 4.74 Å². The highest BCUT2D eigenvalue weighted by Gasteiger charge is 2.28. The number of nitrogens with one attached hydrogen (secondary N) is 1. The molecule has 2 amide bonds. The molecule has 1 aromatic heterocycles. The van der Waals surface area contributed by atoms with Gasteiger partial charge in [0, 0.05) is 23.5 Å². The van der Waals surface area contributed by atoms with E-state index in [-0.39, 0.29) is 11.8 Å². The van der Waals surface area contributed by atoms with Gasteiger partial charge in [-0.3, -0.25) is 9.59 Å². The third-order valence-corrected chi connectivity index (χ3v) is 6.21. The fraction of sp³-hybridized carbons (Fsp3) is 0.217. The topological polar surface area (TPSA) is 58.6 Å². The first-order valence-corrected chi connectivity index (χ1v) is 10.4. The average molecular weight is 407 g/mol. The summed E-state index contributed by atoms with van der Waals surface area (Å²) in [4.78, 5) is 28.9. The molecule has 5 nitrogen and oxygen atoms in total. The number of thiophene rings is 1. The van der Waals surface area contributed by atoms with Crippen molar-refractivity contribution in [1.82, 2.24) is 4.90 Å². The summed E-state index contributed by atoms with van der Waals surface area (Å²) in [5.41, 5.74) is 3.05. The van der Waals surface area contributed by atoms with Gasteiger partial charge in [0.15, 0.2) is 0 Å². The zero-order valence-electron chi connectivity index (χ0n) is 16.2. The van der Waals surface area contributed by atoms with E-state index in [9.17, 15) is 9.59 Å². The second-order valence-electron chi connectivity index (χ2n) is 6.85. The first-order chi connectivity index (χ1) is 14.1. The fourth-order valence-electron chi connectivity index (χ4n) is 3.41. The average Bonchev–Trinajstić information content (AvgIpc) is 3.10. The summed E-state index contributed by atoms with van der Waals surface area (Å²) in [6.07, 6.45) is 0. The van der Waals surface area contributed by atoms with E-state index in [0.29, 0.717) is 42.4 Å². The molecule has 1 aliphatic rings. The summed E-state index contributed by atoms with van der Waals surface area (Å²) >= 11 is 1.44. The van der Waals surface area contributed by atoms with Gasteiger partial charge in [-0.2, -0.15) is 0 Å². The van der Waals surface area contributed by atoms with E-state index in [4.69, 9.17) is 4.74 Å². The Bertz CT molecular complexity index is 1010. The molecule has 0 spiro atoms. The number of carbonyl (C=O) groups is 2. The van der Waals surface area contributed by atoms with Crippen LogP contribution in [0.1, 0.15) is 26.3 Å². The first kappa shape index (κ1) is 19.4. The molecule has 0 saturated carbocycles. The summed E-state index contributed by atoms with van der Waals surface area (Å²) in [7, 11) is 0. The molecule has 0 atom stereocenters. The van der Waals surface area contributed by atoms with Gasteiger partial charge in [-0.05, 0) is 30.2 Å². The normalized spacial score (nSPS) is 13.9. The van der Waals surface area contributed by atoms with Crippen molar-refractivity contribution in [3.05, 3.63) is 77.4 Å². The van der Waals surface area contributed by atoms with Gasteiger partial charge in [0.05, 0.1) is 18.8 Å². The summed E-state index contributed by atoms with van der Waals surface area (Å²) in [5, 5.41) is 3.57. The lowest BCUT2D eigenvalue weighted by molar-refractivity contribution is 0.0303. The summed E-state index contributed by atoms with van der Waals surface area (Å²) in [6.45, 7) is 4.13. The lowest BCUT2D eigenvalue weighted by atomic mass is 10.1. The van der Waals surface area contributed by atoms with Crippen molar-refractivity contribution in [2.45, 2.75) is 6.92 Å². The minimum atomic E-state index is -0.220. The number of anilines is 1. The van der Waals surface area contributed by atoms with Crippen LogP contribution in [0.4, 0.5) is 5.00 Å². The van der Waals surface area contributed by atoms with Gasteiger partial charge in [0.1, 0.15) is 5.00 Å². The van der Waals surface area contributed by atoms with Crippen LogP contribution in [0, 0.1) is 6.92 Å². The Hall–Kier alpha value is -2.96. The maximum Gasteiger partial charge on any atom is 0.257 e. The van der Waals surface area contributed by atoms with E-state index < -0.39 is 0 Å². The van der Waals surface area contributed by atoms with E-state index >= 15 is 0 Å². The highest BCUT2D eigenvalue weighted by atomic mass is 32.1. The summed E-state index contributed by atoms with van der Waals surface area (Å²) in [5.74, 6) is -0.282. The molecule has 6 heteroatoms. The standard InChI is InChI=1S/C23H22N2O3S/c1-16-19(23(27)25-12-14-28-15-13-25)22(24-21(26)18-10-6-3-7-11-18)29-20(16)17-8-4-2-5-9-17/h2-11H,12-15H2,1H3,(H,24,26). The van der Waals surface area contributed by atoms with Gasteiger partial charge in [-0.15, -0.1) is 11.3 Å². The number of nitrogens with zero attached hydrogens (tertiary/aromatic N) is 1. The number of hydrogen-bond acceptors (Lipinski definition) is 4. The quantitative estimate of drug-likeness (QED) is 0.696. The van der Waals surface area contributed by atoms with Crippen molar-refractivity contribution >= 4 is 28.2 Å². The predicted octanol–water partition coefficient (Wildman–Crippen LogP) is 4.45. The van der Waals surface area contributed by atoms with Crippen molar-refractivity contribution in [3.63, 3.8) is 0 Å². The van der Waals surface area contributed by atoms with Crippen LogP contribution in [0.5, 0.6) is 0 Å². The molecule has 4 rings (SSSR count). The number of ether oxygens (including phenoxy) is 1. The van der Waals surface area contributed by atoms with Crippen LogP contribution in [0.3, 0.4) is 0 Å². The Morgan fingerprint density at radius 3 is 2.24 bits per heavy atom. The molecule has 1 N–H and O–H groups in total. The third-order valence-electron chi connectivity index (χ3n) is 4.96. The van der Waals surface area contributed by atoms with Crippen LogP contribution >= 0.6 is 11.3 Å². The highest BCUT2D eigenvalue weighted by Crippen LogP contribution is 2.40. The van der Waals surface area contributed by atoms with Crippen molar-refractivity contribution in [1.29, 1.82) is 0 Å². The van der Waals surface area contributed by atoms with Gasteiger partial charge in [-0.25, -0.2) is 0 Å². The zero-order valence-corrected chi connectivity index (χ0v) is 17.0. The van der Waals surface area contributed by atoms with E-state index in [1.807, 2.05) is 55.5 Å². The van der Waals surface area contributed by atoms with E-state index in [1.165, 1.54) is 11.3 Å². The highest BCUT2D eigenvalue weighted by molar-refractivity contribution is 7.20. The molecule has 2 heterocycles. The molecule has 0 radical (unpaired) electrons. The maximum absolute atomic E-state index is 13.3. The summed E-state index contributed by atoms with van der Waals surface area (Å²) < 4.78 is 5.38. The Kier molecular flexibility index (Phi) is 5.74. The predicted molar refractivity (Wildman–Crippen MR) is 116 cm³/mol. The van der Waals surface area contributed by atoms with Crippen molar-refractivity contribution in [2.24, 2.45) is 0 Å². The molecular formula is C23H22N2O3S. The lowest BCUT2D eigenvalue weighted by Crippen LogP contribution is -2.41. The Balaban J connectivity index is 1.73. The molecular weight excluding hydrogens is 384 g/mol. The zero-order chi connectivity index (χ0) is 20.2. The third kappa shape index (κ3) is 4.09. The SMILES string of the molecule is Cc1c(-c2ccccc2)sc(NC(=O)c2ccccc2)c1C(=O)N1CCOCC1. The number of rotatable bonds is 4. The molecule has 3 aromatic rings. The second kappa shape index (κ2) is 8.59. The molecule has 2 aromatic carbocycles. The molecule has 0 aliphatic carbocycles. The van der Waals surface area contributed by atoms with Gasteiger partial charge >= 0.3 is 0 Å².